The number of aromatic hydroxyl groups is 1. The maximum Gasteiger partial charge on any atom is 0.165 e. The molecule has 1 aromatic carbocycles. The van der Waals surface area contributed by atoms with E-state index < -0.39 is 20.9 Å². The Hall–Kier alpha value is -1.66. The SMILES string of the molecule is CC/C(=C\c1ccc(O)c(F)c1)CC[C@H]1OC[C@H]2C1=C(C)CS2(=O)=O. The van der Waals surface area contributed by atoms with Gasteiger partial charge in [0, 0.05) is 0 Å². The summed E-state index contributed by atoms with van der Waals surface area (Å²) in [6.45, 7) is 4.17. The van der Waals surface area contributed by atoms with Crippen LogP contribution in [0, 0.1) is 5.82 Å². The van der Waals surface area contributed by atoms with E-state index in [1.807, 2.05) is 19.9 Å². The fourth-order valence-corrected chi connectivity index (χ4v) is 5.68. The second-order valence-corrected chi connectivity index (χ2v) is 8.94. The standard InChI is InChI=1S/C19H23FO4S/c1-3-13(8-14-4-6-16(21)15(20)9-14)5-7-17-19-12(2)11-25(22,23)18(19)10-24-17/h4,6,8-9,17-18,21H,3,5,7,10-11H2,1-2H3/b13-8+/t17-,18+/m1/s1. The van der Waals surface area contributed by atoms with Crippen molar-refractivity contribution in [2.24, 2.45) is 0 Å². The number of phenols is 1. The molecule has 0 aromatic heterocycles. The van der Waals surface area contributed by atoms with Crippen LogP contribution in [0.3, 0.4) is 0 Å². The molecule has 1 N–H and O–H groups in total. The largest absolute Gasteiger partial charge is 0.505 e. The van der Waals surface area contributed by atoms with Crippen LogP contribution >= 0.6 is 0 Å². The number of phenolic OH excluding ortho intramolecular Hbond substituents is 1. The molecule has 0 spiro atoms. The summed E-state index contributed by atoms with van der Waals surface area (Å²) in [7, 11) is -3.09. The molecule has 3 rings (SSSR count). The third-order valence-corrected chi connectivity index (χ3v) is 7.10. The normalized spacial score (nSPS) is 25.5. The fraction of sp³-hybridized carbons (Fsp3) is 0.474. The van der Waals surface area contributed by atoms with Gasteiger partial charge in [-0.1, -0.05) is 30.2 Å². The van der Waals surface area contributed by atoms with E-state index in [2.05, 4.69) is 0 Å². The van der Waals surface area contributed by atoms with E-state index in [0.717, 1.165) is 36.0 Å². The highest BCUT2D eigenvalue weighted by atomic mass is 32.2. The predicted molar refractivity (Wildman–Crippen MR) is 95.6 cm³/mol. The van der Waals surface area contributed by atoms with Crippen molar-refractivity contribution in [3.8, 4) is 5.75 Å². The van der Waals surface area contributed by atoms with Gasteiger partial charge < -0.3 is 9.84 Å². The molecule has 0 aliphatic carbocycles. The summed E-state index contributed by atoms with van der Waals surface area (Å²) >= 11 is 0. The van der Waals surface area contributed by atoms with Gasteiger partial charge in [0.2, 0.25) is 0 Å². The molecule has 1 aromatic rings. The van der Waals surface area contributed by atoms with Crippen LogP contribution < -0.4 is 0 Å². The monoisotopic (exact) mass is 366 g/mol. The Morgan fingerprint density at radius 2 is 2.20 bits per heavy atom. The Bertz CT molecular complexity index is 839. The van der Waals surface area contributed by atoms with Crippen molar-refractivity contribution in [3.05, 3.63) is 46.3 Å². The van der Waals surface area contributed by atoms with Gasteiger partial charge in [-0.05, 0) is 49.5 Å². The Kier molecular flexibility index (Phi) is 5.02. The van der Waals surface area contributed by atoms with Gasteiger partial charge in [0.05, 0.1) is 18.5 Å². The zero-order valence-electron chi connectivity index (χ0n) is 14.5. The molecule has 0 bridgehead atoms. The zero-order chi connectivity index (χ0) is 18.2. The summed E-state index contributed by atoms with van der Waals surface area (Å²) in [5.41, 5.74) is 3.72. The van der Waals surface area contributed by atoms with Crippen molar-refractivity contribution in [2.45, 2.75) is 44.5 Å². The van der Waals surface area contributed by atoms with Gasteiger partial charge in [0.1, 0.15) is 5.25 Å². The maximum atomic E-state index is 13.5. The number of hydrogen-bond acceptors (Lipinski definition) is 4. The summed E-state index contributed by atoms with van der Waals surface area (Å²) in [6, 6.07) is 4.33. The first kappa shape index (κ1) is 18.1. The number of halogens is 1. The highest BCUT2D eigenvalue weighted by molar-refractivity contribution is 7.92. The topological polar surface area (TPSA) is 63.6 Å². The van der Waals surface area contributed by atoms with Gasteiger partial charge in [0.15, 0.2) is 21.4 Å². The first-order chi connectivity index (χ1) is 11.8. The first-order valence-corrected chi connectivity index (χ1v) is 10.2. The van der Waals surface area contributed by atoms with E-state index in [1.165, 1.54) is 12.1 Å². The minimum atomic E-state index is -3.09. The second-order valence-electron chi connectivity index (χ2n) is 6.76. The maximum absolute atomic E-state index is 13.5. The minimum Gasteiger partial charge on any atom is -0.505 e. The van der Waals surface area contributed by atoms with Crippen LogP contribution in [0.25, 0.3) is 6.08 Å². The van der Waals surface area contributed by atoms with Crippen LogP contribution in [0.1, 0.15) is 38.7 Å². The van der Waals surface area contributed by atoms with Crippen molar-refractivity contribution >= 4 is 15.9 Å². The van der Waals surface area contributed by atoms with Crippen LogP contribution in [0.4, 0.5) is 4.39 Å². The van der Waals surface area contributed by atoms with Gasteiger partial charge >= 0.3 is 0 Å². The fourth-order valence-electron chi connectivity index (χ4n) is 3.68. The Morgan fingerprint density at radius 1 is 1.44 bits per heavy atom. The van der Waals surface area contributed by atoms with Gasteiger partial charge in [-0.25, -0.2) is 12.8 Å². The van der Waals surface area contributed by atoms with Crippen molar-refractivity contribution in [1.29, 1.82) is 0 Å². The summed E-state index contributed by atoms with van der Waals surface area (Å²) in [5, 5.41) is 8.81. The average molecular weight is 366 g/mol. The van der Waals surface area contributed by atoms with Crippen LogP contribution in [0.2, 0.25) is 0 Å². The Morgan fingerprint density at radius 3 is 2.88 bits per heavy atom. The molecule has 0 saturated carbocycles. The van der Waals surface area contributed by atoms with Gasteiger partial charge in [-0.2, -0.15) is 0 Å². The molecule has 2 aliphatic heterocycles. The smallest absolute Gasteiger partial charge is 0.165 e. The second kappa shape index (κ2) is 6.92. The lowest BCUT2D eigenvalue weighted by Crippen LogP contribution is -2.19. The number of fused-ring (bicyclic) bond motifs is 1. The van der Waals surface area contributed by atoms with E-state index in [1.54, 1.807) is 6.07 Å². The number of sulfone groups is 1. The van der Waals surface area contributed by atoms with Gasteiger partial charge in [-0.15, -0.1) is 0 Å². The number of allylic oxidation sites excluding steroid dienone is 1. The molecule has 136 valence electrons. The van der Waals surface area contributed by atoms with E-state index in [0.29, 0.717) is 5.56 Å². The molecule has 4 nitrogen and oxygen atoms in total. The molecule has 0 radical (unpaired) electrons. The Balaban J connectivity index is 1.71. The summed E-state index contributed by atoms with van der Waals surface area (Å²) in [5.74, 6) is -0.843. The number of rotatable bonds is 5. The average Bonchev–Trinajstić information content (AvgIpc) is 3.08. The molecule has 0 amide bonds. The quantitative estimate of drug-likeness (QED) is 0.809. The third kappa shape index (κ3) is 3.65. The lowest BCUT2D eigenvalue weighted by Gasteiger charge is -2.14. The molecular weight excluding hydrogens is 343 g/mol. The molecule has 2 aliphatic rings. The van der Waals surface area contributed by atoms with Crippen LogP contribution in [0.15, 0.2) is 34.9 Å². The van der Waals surface area contributed by atoms with Crippen molar-refractivity contribution in [3.63, 3.8) is 0 Å². The van der Waals surface area contributed by atoms with Crippen molar-refractivity contribution in [1.82, 2.24) is 0 Å². The first-order valence-electron chi connectivity index (χ1n) is 8.52. The third-order valence-electron chi connectivity index (χ3n) is 5.01. The summed E-state index contributed by atoms with van der Waals surface area (Å²) < 4.78 is 43.4. The van der Waals surface area contributed by atoms with E-state index >= 15 is 0 Å². The minimum absolute atomic E-state index is 0.145. The molecular formula is C19H23FO4S. The number of benzene rings is 1. The van der Waals surface area contributed by atoms with Crippen molar-refractivity contribution < 1.29 is 22.7 Å². The predicted octanol–water partition coefficient (Wildman–Crippen LogP) is 3.62. The van der Waals surface area contributed by atoms with E-state index in [-0.39, 0.29) is 24.2 Å². The van der Waals surface area contributed by atoms with Gasteiger partial charge in [-0.3, -0.25) is 0 Å². The van der Waals surface area contributed by atoms with E-state index in [4.69, 9.17) is 4.74 Å². The lowest BCUT2D eigenvalue weighted by molar-refractivity contribution is 0.117. The van der Waals surface area contributed by atoms with Crippen LogP contribution in [-0.4, -0.2) is 37.2 Å². The van der Waals surface area contributed by atoms with E-state index in [9.17, 15) is 17.9 Å². The molecule has 25 heavy (non-hydrogen) atoms. The number of ether oxygens (including phenoxy) is 1. The molecule has 6 heteroatoms. The molecule has 2 heterocycles. The molecule has 0 unspecified atom stereocenters. The summed E-state index contributed by atoms with van der Waals surface area (Å²) in [4.78, 5) is 0. The van der Waals surface area contributed by atoms with Gasteiger partial charge in [0.25, 0.3) is 0 Å². The Labute approximate surface area is 147 Å². The molecule has 1 fully saturated rings. The number of hydrogen-bond donors (Lipinski definition) is 1. The van der Waals surface area contributed by atoms with Crippen molar-refractivity contribution in [2.75, 3.05) is 12.4 Å². The lowest BCUT2D eigenvalue weighted by atomic mass is 9.96. The highest BCUT2D eigenvalue weighted by Crippen LogP contribution is 2.38. The zero-order valence-corrected chi connectivity index (χ0v) is 15.3. The molecule has 1 saturated heterocycles. The molecule has 2 atom stereocenters. The van der Waals surface area contributed by atoms with Crippen LogP contribution in [-0.2, 0) is 14.6 Å². The highest BCUT2D eigenvalue weighted by Gasteiger charge is 2.45. The van der Waals surface area contributed by atoms with Crippen LogP contribution in [0.5, 0.6) is 5.75 Å². The summed E-state index contributed by atoms with van der Waals surface area (Å²) in [6.07, 6.45) is 4.07.